The first-order chi connectivity index (χ1) is 10.1. The van der Waals surface area contributed by atoms with E-state index in [1.54, 1.807) is 18.7 Å². The minimum absolute atomic E-state index is 0.0348. The predicted molar refractivity (Wildman–Crippen MR) is 84.7 cm³/mol. The number of amides is 1. The Morgan fingerprint density at radius 1 is 1.18 bits per heavy atom. The molecular weight excluding hydrogens is 284 g/mol. The molecule has 0 saturated carbocycles. The SMILES string of the molecule is COC(=O)C(C)(C)NCC1CCCCN1C(=O)OC(C)(C)C. The first-order valence-corrected chi connectivity index (χ1v) is 7.90. The van der Waals surface area contributed by atoms with Gasteiger partial charge in [-0.15, -0.1) is 0 Å². The summed E-state index contributed by atoms with van der Waals surface area (Å²) in [4.78, 5) is 25.8. The van der Waals surface area contributed by atoms with Crippen LogP contribution in [0.15, 0.2) is 0 Å². The number of nitrogens with zero attached hydrogens (tertiary/aromatic N) is 1. The van der Waals surface area contributed by atoms with Gasteiger partial charge in [0.15, 0.2) is 0 Å². The van der Waals surface area contributed by atoms with E-state index in [9.17, 15) is 9.59 Å². The minimum Gasteiger partial charge on any atom is -0.468 e. The Labute approximate surface area is 133 Å². The number of nitrogens with one attached hydrogen (secondary N) is 1. The summed E-state index contributed by atoms with van der Waals surface area (Å²) in [5.41, 5.74) is -1.27. The Hall–Kier alpha value is -1.30. The van der Waals surface area contributed by atoms with Crippen molar-refractivity contribution in [3.63, 3.8) is 0 Å². The molecule has 0 aromatic heterocycles. The van der Waals surface area contributed by atoms with Gasteiger partial charge in [0.1, 0.15) is 11.1 Å². The van der Waals surface area contributed by atoms with E-state index in [-0.39, 0.29) is 18.1 Å². The Morgan fingerprint density at radius 3 is 2.36 bits per heavy atom. The summed E-state index contributed by atoms with van der Waals surface area (Å²) >= 11 is 0. The van der Waals surface area contributed by atoms with Crippen LogP contribution in [-0.4, -0.2) is 54.3 Å². The average molecular weight is 314 g/mol. The fraction of sp³-hybridized carbons (Fsp3) is 0.875. The number of likely N-dealkylation sites (tertiary alicyclic amines) is 1. The number of ether oxygens (including phenoxy) is 2. The van der Waals surface area contributed by atoms with Crippen LogP contribution in [-0.2, 0) is 14.3 Å². The van der Waals surface area contributed by atoms with Gasteiger partial charge in [-0.2, -0.15) is 0 Å². The molecule has 0 spiro atoms. The minimum atomic E-state index is -0.772. The molecule has 1 atom stereocenters. The van der Waals surface area contributed by atoms with E-state index in [0.29, 0.717) is 13.1 Å². The van der Waals surface area contributed by atoms with Gasteiger partial charge in [-0.3, -0.25) is 4.79 Å². The van der Waals surface area contributed by atoms with Gasteiger partial charge >= 0.3 is 12.1 Å². The van der Waals surface area contributed by atoms with Gasteiger partial charge in [-0.25, -0.2) is 4.79 Å². The molecule has 6 heteroatoms. The van der Waals surface area contributed by atoms with Crippen LogP contribution in [0, 0.1) is 0 Å². The zero-order valence-electron chi connectivity index (χ0n) is 14.7. The summed E-state index contributed by atoms with van der Waals surface area (Å²) in [5, 5.41) is 3.20. The van der Waals surface area contributed by atoms with Gasteiger partial charge in [0.25, 0.3) is 0 Å². The normalized spacial score (nSPS) is 19.7. The summed E-state index contributed by atoms with van der Waals surface area (Å²) in [6.07, 6.45) is 2.68. The molecule has 0 aliphatic carbocycles. The van der Waals surface area contributed by atoms with Crippen LogP contribution in [0.2, 0.25) is 0 Å². The van der Waals surface area contributed by atoms with Crippen molar-refractivity contribution >= 4 is 12.1 Å². The van der Waals surface area contributed by atoms with E-state index in [2.05, 4.69) is 5.32 Å². The number of esters is 1. The topological polar surface area (TPSA) is 67.9 Å². The van der Waals surface area contributed by atoms with Gasteiger partial charge < -0.3 is 19.7 Å². The van der Waals surface area contributed by atoms with Gasteiger partial charge in [0.05, 0.1) is 7.11 Å². The summed E-state index contributed by atoms with van der Waals surface area (Å²) in [6, 6.07) is 0.0348. The van der Waals surface area contributed by atoms with E-state index in [1.807, 2.05) is 20.8 Å². The monoisotopic (exact) mass is 314 g/mol. The Bertz CT molecular complexity index is 401. The number of rotatable bonds is 4. The molecule has 0 bridgehead atoms. The van der Waals surface area contributed by atoms with Crippen molar-refractivity contribution in [2.75, 3.05) is 20.2 Å². The van der Waals surface area contributed by atoms with Gasteiger partial charge in [-0.05, 0) is 53.9 Å². The third kappa shape index (κ3) is 5.48. The van der Waals surface area contributed by atoms with E-state index < -0.39 is 11.1 Å². The molecule has 0 radical (unpaired) electrons. The van der Waals surface area contributed by atoms with Crippen molar-refractivity contribution in [1.29, 1.82) is 0 Å². The molecule has 0 aromatic carbocycles. The Kier molecular flexibility index (Phi) is 6.23. The highest BCUT2D eigenvalue weighted by atomic mass is 16.6. The van der Waals surface area contributed by atoms with E-state index in [4.69, 9.17) is 9.47 Å². The van der Waals surface area contributed by atoms with Crippen LogP contribution in [0.1, 0.15) is 53.9 Å². The van der Waals surface area contributed by atoms with Crippen molar-refractivity contribution in [3.05, 3.63) is 0 Å². The standard InChI is InChI=1S/C16H30N2O4/c1-15(2,3)22-14(20)18-10-8-7-9-12(18)11-17-16(4,5)13(19)21-6/h12,17H,7-11H2,1-6H3. The Morgan fingerprint density at radius 2 is 1.82 bits per heavy atom. The van der Waals surface area contributed by atoms with Crippen LogP contribution < -0.4 is 5.32 Å². The molecule has 128 valence electrons. The molecule has 1 unspecified atom stereocenters. The molecule has 1 saturated heterocycles. The van der Waals surface area contributed by atoms with E-state index in [0.717, 1.165) is 19.3 Å². The predicted octanol–water partition coefficient (Wildman–Crippen LogP) is 2.32. The third-order valence-corrected chi connectivity index (χ3v) is 3.73. The maximum Gasteiger partial charge on any atom is 0.410 e. The summed E-state index contributed by atoms with van der Waals surface area (Å²) in [5.74, 6) is -0.313. The highest BCUT2D eigenvalue weighted by Crippen LogP contribution is 2.20. The molecule has 0 aromatic rings. The molecule has 1 amide bonds. The lowest BCUT2D eigenvalue weighted by Crippen LogP contribution is -2.55. The van der Waals surface area contributed by atoms with Crippen molar-refractivity contribution in [2.45, 2.75) is 71.1 Å². The Balaban J connectivity index is 2.66. The second kappa shape index (κ2) is 7.31. The second-order valence-electron chi connectivity index (χ2n) is 7.32. The molecule has 1 N–H and O–H groups in total. The van der Waals surface area contributed by atoms with E-state index >= 15 is 0 Å². The summed E-state index contributed by atoms with van der Waals surface area (Å²) < 4.78 is 10.3. The molecule has 6 nitrogen and oxygen atoms in total. The molecular formula is C16H30N2O4. The van der Waals surface area contributed by atoms with Gasteiger partial charge in [-0.1, -0.05) is 0 Å². The number of methoxy groups -OCH3 is 1. The largest absolute Gasteiger partial charge is 0.468 e. The second-order valence-corrected chi connectivity index (χ2v) is 7.32. The van der Waals surface area contributed by atoms with Crippen LogP contribution in [0.4, 0.5) is 4.79 Å². The third-order valence-electron chi connectivity index (χ3n) is 3.73. The lowest BCUT2D eigenvalue weighted by atomic mass is 10.00. The van der Waals surface area contributed by atoms with Crippen molar-refractivity contribution < 1.29 is 19.1 Å². The zero-order valence-corrected chi connectivity index (χ0v) is 14.7. The molecule has 1 aliphatic heterocycles. The van der Waals surface area contributed by atoms with Gasteiger partial charge in [0.2, 0.25) is 0 Å². The fourth-order valence-corrected chi connectivity index (χ4v) is 2.47. The average Bonchev–Trinajstić information content (AvgIpc) is 2.42. The smallest absolute Gasteiger partial charge is 0.410 e. The van der Waals surface area contributed by atoms with Gasteiger partial charge in [0, 0.05) is 19.1 Å². The first-order valence-electron chi connectivity index (χ1n) is 7.90. The lowest BCUT2D eigenvalue weighted by molar-refractivity contribution is -0.147. The maximum absolute atomic E-state index is 12.3. The van der Waals surface area contributed by atoms with Crippen molar-refractivity contribution in [2.24, 2.45) is 0 Å². The number of hydrogen-bond acceptors (Lipinski definition) is 5. The maximum atomic E-state index is 12.3. The fourth-order valence-electron chi connectivity index (χ4n) is 2.47. The number of piperidine rings is 1. The van der Waals surface area contributed by atoms with E-state index in [1.165, 1.54) is 7.11 Å². The van der Waals surface area contributed by atoms with Crippen LogP contribution >= 0.6 is 0 Å². The molecule has 1 aliphatic rings. The highest BCUT2D eigenvalue weighted by molar-refractivity contribution is 5.79. The first kappa shape index (κ1) is 18.7. The van der Waals surface area contributed by atoms with Crippen molar-refractivity contribution in [1.82, 2.24) is 10.2 Å². The molecule has 1 rings (SSSR count). The molecule has 1 heterocycles. The van der Waals surface area contributed by atoms with Crippen molar-refractivity contribution in [3.8, 4) is 0 Å². The van der Waals surface area contributed by atoms with Crippen LogP contribution in [0.25, 0.3) is 0 Å². The number of hydrogen-bond donors (Lipinski definition) is 1. The summed E-state index contributed by atoms with van der Waals surface area (Å²) in [6.45, 7) is 10.4. The lowest BCUT2D eigenvalue weighted by Gasteiger charge is -2.38. The number of carbonyl (C=O) groups excluding carboxylic acids is 2. The zero-order chi connectivity index (χ0) is 17.0. The van der Waals surface area contributed by atoms with Crippen LogP contribution in [0.3, 0.4) is 0 Å². The highest BCUT2D eigenvalue weighted by Gasteiger charge is 2.34. The molecule has 1 fully saturated rings. The number of carbonyl (C=O) groups is 2. The molecule has 22 heavy (non-hydrogen) atoms. The quantitative estimate of drug-likeness (QED) is 0.807. The summed E-state index contributed by atoms with van der Waals surface area (Å²) in [7, 11) is 1.37. The van der Waals surface area contributed by atoms with Crippen LogP contribution in [0.5, 0.6) is 0 Å².